The first-order valence-electron chi connectivity index (χ1n) is 4.70. The van der Waals surface area contributed by atoms with Crippen LogP contribution in [0.1, 0.15) is 5.56 Å². The zero-order chi connectivity index (χ0) is 10.8. The number of carboxylic acids is 1. The van der Waals surface area contributed by atoms with E-state index in [4.69, 9.17) is 10.8 Å². The van der Waals surface area contributed by atoms with Gasteiger partial charge in [-0.25, -0.2) is 0 Å². The molecule has 4 nitrogen and oxygen atoms in total. The summed E-state index contributed by atoms with van der Waals surface area (Å²) in [7, 11) is 0. The van der Waals surface area contributed by atoms with Gasteiger partial charge in [0.15, 0.2) is 0 Å². The highest BCUT2D eigenvalue weighted by atomic mass is 16.4. The fraction of sp³-hybridized carbons (Fsp3) is 0.182. The molecule has 0 bridgehead atoms. The number of rotatable bonds is 3. The largest absolute Gasteiger partial charge is 0.480 e. The maximum atomic E-state index is 10.6. The van der Waals surface area contributed by atoms with Gasteiger partial charge < -0.3 is 15.4 Å². The Morgan fingerprint density at radius 3 is 2.87 bits per heavy atom. The molecule has 0 spiro atoms. The van der Waals surface area contributed by atoms with Gasteiger partial charge in [0.2, 0.25) is 0 Å². The second-order valence-corrected chi connectivity index (χ2v) is 3.43. The summed E-state index contributed by atoms with van der Waals surface area (Å²) in [5.41, 5.74) is 7.50. The fourth-order valence-electron chi connectivity index (χ4n) is 1.66. The predicted octanol–water partition coefficient (Wildman–Crippen LogP) is 1.18. The number of carbonyl (C=O) groups is 1. The molecule has 0 unspecified atom stereocenters. The molecular weight excluding hydrogens is 192 g/mol. The van der Waals surface area contributed by atoms with Crippen LogP contribution in [0.3, 0.4) is 0 Å². The van der Waals surface area contributed by atoms with Gasteiger partial charge in [0.1, 0.15) is 6.54 Å². The summed E-state index contributed by atoms with van der Waals surface area (Å²) < 4.78 is 1.71. The molecule has 2 aromatic rings. The van der Waals surface area contributed by atoms with Crippen molar-refractivity contribution in [3.05, 3.63) is 36.0 Å². The zero-order valence-corrected chi connectivity index (χ0v) is 8.18. The van der Waals surface area contributed by atoms with E-state index in [0.717, 1.165) is 16.5 Å². The van der Waals surface area contributed by atoms with Crippen LogP contribution in [0.2, 0.25) is 0 Å². The van der Waals surface area contributed by atoms with Crippen molar-refractivity contribution in [1.29, 1.82) is 0 Å². The van der Waals surface area contributed by atoms with E-state index in [0.29, 0.717) is 6.54 Å². The molecular formula is C11H12N2O2. The Bertz CT molecular complexity index is 502. The minimum atomic E-state index is -0.838. The molecule has 0 saturated heterocycles. The van der Waals surface area contributed by atoms with Crippen LogP contribution in [-0.2, 0) is 17.9 Å². The van der Waals surface area contributed by atoms with Crippen LogP contribution in [0.15, 0.2) is 30.5 Å². The van der Waals surface area contributed by atoms with Crippen molar-refractivity contribution in [2.75, 3.05) is 0 Å². The molecule has 78 valence electrons. The lowest BCUT2D eigenvalue weighted by Crippen LogP contribution is -2.07. The SMILES string of the molecule is NCc1ccc2c(ccn2CC(=O)O)c1. The van der Waals surface area contributed by atoms with Gasteiger partial charge in [0, 0.05) is 18.3 Å². The summed E-state index contributed by atoms with van der Waals surface area (Å²) in [6.07, 6.45) is 1.78. The summed E-state index contributed by atoms with van der Waals surface area (Å²) in [4.78, 5) is 10.6. The number of hydrogen-bond donors (Lipinski definition) is 2. The number of carboxylic acid groups (broad SMARTS) is 1. The van der Waals surface area contributed by atoms with Gasteiger partial charge in [0.05, 0.1) is 0 Å². The molecule has 3 N–H and O–H groups in total. The van der Waals surface area contributed by atoms with Crippen LogP contribution in [0.5, 0.6) is 0 Å². The smallest absolute Gasteiger partial charge is 0.323 e. The predicted molar refractivity (Wildman–Crippen MR) is 57.5 cm³/mol. The van der Waals surface area contributed by atoms with Crippen molar-refractivity contribution in [3.63, 3.8) is 0 Å². The lowest BCUT2D eigenvalue weighted by atomic mass is 10.1. The topological polar surface area (TPSA) is 68.2 Å². The van der Waals surface area contributed by atoms with Gasteiger partial charge in [-0.3, -0.25) is 4.79 Å². The van der Waals surface area contributed by atoms with Crippen LogP contribution in [0, 0.1) is 0 Å². The Labute approximate surface area is 86.9 Å². The molecule has 0 aliphatic carbocycles. The van der Waals surface area contributed by atoms with Gasteiger partial charge in [-0.05, 0) is 29.1 Å². The van der Waals surface area contributed by atoms with Crippen LogP contribution < -0.4 is 5.73 Å². The number of fused-ring (bicyclic) bond motifs is 1. The molecule has 1 heterocycles. The lowest BCUT2D eigenvalue weighted by Gasteiger charge is -2.02. The molecule has 2 rings (SSSR count). The van der Waals surface area contributed by atoms with E-state index in [-0.39, 0.29) is 6.54 Å². The van der Waals surface area contributed by atoms with Crippen molar-refractivity contribution < 1.29 is 9.90 Å². The maximum absolute atomic E-state index is 10.6. The normalized spacial score (nSPS) is 10.7. The second-order valence-electron chi connectivity index (χ2n) is 3.43. The first-order valence-corrected chi connectivity index (χ1v) is 4.70. The number of aliphatic carboxylic acids is 1. The van der Waals surface area contributed by atoms with E-state index >= 15 is 0 Å². The third-order valence-corrected chi connectivity index (χ3v) is 2.38. The first-order chi connectivity index (χ1) is 7.20. The van der Waals surface area contributed by atoms with Crippen molar-refractivity contribution >= 4 is 16.9 Å². The average Bonchev–Trinajstić information content (AvgIpc) is 2.60. The van der Waals surface area contributed by atoms with E-state index in [1.54, 1.807) is 10.8 Å². The summed E-state index contributed by atoms with van der Waals surface area (Å²) in [6, 6.07) is 7.70. The number of hydrogen-bond acceptors (Lipinski definition) is 2. The Balaban J connectivity index is 2.47. The standard InChI is InChI=1S/C11H12N2O2/c12-6-8-1-2-10-9(5-8)3-4-13(10)7-11(14)15/h1-5H,6-7,12H2,(H,14,15). The second kappa shape index (κ2) is 3.74. The third-order valence-electron chi connectivity index (χ3n) is 2.38. The Hall–Kier alpha value is -1.81. The monoisotopic (exact) mass is 204 g/mol. The fourth-order valence-corrected chi connectivity index (χ4v) is 1.66. The Kier molecular flexibility index (Phi) is 2.43. The highest BCUT2D eigenvalue weighted by molar-refractivity contribution is 5.82. The molecule has 0 atom stereocenters. The van der Waals surface area contributed by atoms with Crippen LogP contribution >= 0.6 is 0 Å². The van der Waals surface area contributed by atoms with E-state index in [2.05, 4.69) is 0 Å². The molecule has 0 aliphatic heterocycles. The molecule has 1 aromatic carbocycles. The zero-order valence-electron chi connectivity index (χ0n) is 8.18. The van der Waals surface area contributed by atoms with Crippen molar-refractivity contribution in [2.24, 2.45) is 5.73 Å². The summed E-state index contributed by atoms with van der Waals surface area (Å²) in [5, 5.41) is 9.73. The highest BCUT2D eigenvalue weighted by Crippen LogP contribution is 2.17. The molecule has 1 aromatic heterocycles. The quantitative estimate of drug-likeness (QED) is 0.788. The Morgan fingerprint density at radius 2 is 2.20 bits per heavy atom. The van der Waals surface area contributed by atoms with Crippen LogP contribution in [-0.4, -0.2) is 15.6 Å². The van der Waals surface area contributed by atoms with Gasteiger partial charge in [-0.2, -0.15) is 0 Å². The minimum absolute atomic E-state index is 0.00846. The number of aromatic nitrogens is 1. The van der Waals surface area contributed by atoms with Crippen LogP contribution in [0.25, 0.3) is 10.9 Å². The summed E-state index contributed by atoms with van der Waals surface area (Å²) in [6.45, 7) is 0.492. The average molecular weight is 204 g/mol. The van der Waals surface area contributed by atoms with Crippen molar-refractivity contribution in [2.45, 2.75) is 13.1 Å². The highest BCUT2D eigenvalue weighted by Gasteiger charge is 2.04. The van der Waals surface area contributed by atoms with Crippen LogP contribution in [0.4, 0.5) is 0 Å². The van der Waals surface area contributed by atoms with Crippen molar-refractivity contribution in [1.82, 2.24) is 4.57 Å². The van der Waals surface area contributed by atoms with Crippen molar-refractivity contribution in [3.8, 4) is 0 Å². The summed E-state index contributed by atoms with van der Waals surface area (Å²) in [5.74, 6) is -0.838. The lowest BCUT2D eigenvalue weighted by molar-refractivity contribution is -0.137. The van der Waals surface area contributed by atoms with Gasteiger partial charge in [0.25, 0.3) is 0 Å². The van der Waals surface area contributed by atoms with E-state index < -0.39 is 5.97 Å². The Morgan fingerprint density at radius 1 is 1.40 bits per heavy atom. The van der Waals surface area contributed by atoms with Gasteiger partial charge in [-0.15, -0.1) is 0 Å². The van der Waals surface area contributed by atoms with Gasteiger partial charge >= 0.3 is 5.97 Å². The number of nitrogens with two attached hydrogens (primary N) is 1. The molecule has 0 radical (unpaired) electrons. The minimum Gasteiger partial charge on any atom is -0.480 e. The third kappa shape index (κ3) is 1.85. The molecule has 15 heavy (non-hydrogen) atoms. The summed E-state index contributed by atoms with van der Waals surface area (Å²) >= 11 is 0. The molecule has 0 aliphatic rings. The maximum Gasteiger partial charge on any atom is 0.323 e. The number of benzene rings is 1. The molecule has 4 heteroatoms. The van der Waals surface area contributed by atoms with Gasteiger partial charge in [-0.1, -0.05) is 6.07 Å². The van der Waals surface area contributed by atoms with E-state index in [1.165, 1.54) is 0 Å². The number of nitrogens with zero attached hydrogens (tertiary/aromatic N) is 1. The van der Waals surface area contributed by atoms with E-state index in [9.17, 15) is 4.79 Å². The molecule has 0 fully saturated rings. The van der Waals surface area contributed by atoms with E-state index in [1.807, 2.05) is 24.3 Å². The first kappa shape index (κ1) is 9.73. The molecule has 0 saturated carbocycles. The molecule has 0 amide bonds.